The minimum atomic E-state index is -0.0877. The summed E-state index contributed by atoms with van der Waals surface area (Å²) in [6.07, 6.45) is 2.77. The molecule has 0 saturated heterocycles. The van der Waals surface area contributed by atoms with Crippen LogP contribution in [-0.2, 0) is 11.3 Å². The van der Waals surface area contributed by atoms with Gasteiger partial charge in [-0.3, -0.25) is 9.59 Å². The summed E-state index contributed by atoms with van der Waals surface area (Å²) in [7, 11) is 1.62. The van der Waals surface area contributed by atoms with Crippen molar-refractivity contribution in [1.82, 2.24) is 10.2 Å². The van der Waals surface area contributed by atoms with Crippen LogP contribution in [0.2, 0.25) is 0 Å². The van der Waals surface area contributed by atoms with Gasteiger partial charge < -0.3 is 10.2 Å². The Balaban J connectivity index is 2.05. The van der Waals surface area contributed by atoms with Crippen molar-refractivity contribution < 1.29 is 9.59 Å². The Morgan fingerprint density at radius 1 is 1.26 bits per heavy atom. The molecule has 0 radical (unpaired) electrons. The van der Waals surface area contributed by atoms with Gasteiger partial charge in [0.2, 0.25) is 5.91 Å². The molecular weight excluding hydrogens is 240 g/mol. The van der Waals surface area contributed by atoms with E-state index in [0.717, 1.165) is 18.4 Å². The predicted molar refractivity (Wildman–Crippen MR) is 73.7 cm³/mol. The Kier molecular flexibility index (Phi) is 4.20. The summed E-state index contributed by atoms with van der Waals surface area (Å²) in [6, 6.07) is 7.86. The maximum atomic E-state index is 11.9. The minimum Gasteiger partial charge on any atom is -0.355 e. The molecule has 2 amide bonds. The largest absolute Gasteiger partial charge is 0.355 e. The van der Waals surface area contributed by atoms with Crippen LogP contribution in [0.3, 0.4) is 0 Å². The molecule has 19 heavy (non-hydrogen) atoms. The monoisotopic (exact) mass is 260 g/mol. The summed E-state index contributed by atoms with van der Waals surface area (Å²) in [4.78, 5) is 25.3. The number of nitrogens with zero attached hydrogens (tertiary/aromatic N) is 1. The highest BCUT2D eigenvalue weighted by Crippen LogP contribution is 2.28. The number of benzene rings is 1. The van der Waals surface area contributed by atoms with Gasteiger partial charge >= 0.3 is 0 Å². The van der Waals surface area contributed by atoms with Crippen LogP contribution < -0.4 is 5.32 Å². The second kappa shape index (κ2) is 5.87. The van der Waals surface area contributed by atoms with Gasteiger partial charge in [0.05, 0.1) is 0 Å². The maximum Gasteiger partial charge on any atom is 0.251 e. The van der Waals surface area contributed by atoms with Gasteiger partial charge in [-0.05, 0) is 30.5 Å². The molecule has 102 valence electrons. The van der Waals surface area contributed by atoms with Crippen molar-refractivity contribution in [2.24, 2.45) is 0 Å². The van der Waals surface area contributed by atoms with Gasteiger partial charge in [0, 0.05) is 31.6 Å². The van der Waals surface area contributed by atoms with Crippen LogP contribution in [0.15, 0.2) is 24.3 Å². The van der Waals surface area contributed by atoms with Crippen molar-refractivity contribution in [3.8, 4) is 0 Å². The third-order valence-corrected chi connectivity index (χ3v) is 3.41. The lowest BCUT2D eigenvalue weighted by Crippen LogP contribution is -2.31. The normalized spacial score (nSPS) is 14.0. The van der Waals surface area contributed by atoms with Gasteiger partial charge in [0.1, 0.15) is 0 Å². The highest BCUT2D eigenvalue weighted by molar-refractivity contribution is 5.93. The summed E-state index contributed by atoms with van der Waals surface area (Å²) >= 11 is 0. The molecule has 1 aromatic carbocycles. The first-order chi connectivity index (χ1) is 9.15. The summed E-state index contributed by atoms with van der Waals surface area (Å²) in [5.74, 6) is 0.119. The number of carbonyl (C=O) groups is 2. The van der Waals surface area contributed by atoms with Crippen molar-refractivity contribution in [2.75, 3.05) is 7.05 Å². The minimum absolute atomic E-state index is 0.0877. The predicted octanol–water partition coefficient (Wildman–Crippen LogP) is 1.95. The topological polar surface area (TPSA) is 49.4 Å². The van der Waals surface area contributed by atoms with Crippen molar-refractivity contribution in [2.45, 2.75) is 38.8 Å². The van der Waals surface area contributed by atoms with Crippen LogP contribution in [-0.4, -0.2) is 29.8 Å². The fourth-order valence-corrected chi connectivity index (χ4v) is 2.11. The molecule has 1 N–H and O–H groups in total. The third-order valence-electron chi connectivity index (χ3n) is 3.41. The molecule has 1 fully saturated rings. The highest BCUT2D eigenvalue weighted by Gasteiger charge is 2.31. The Hall–Kier alpha value is -1.84. The summed E-state index contributed by atoms with van der Waals surface area (Å²) in [5, 5.41) is 2.59. The lowest BCUT2D eigenvalue weighted by molar-refractivity contribution is -0.132. The molecule has 0 spiro atoms. The molecule has 4 heteroatoms. The number of carbonyl (C=O) groups excluding carboxylic acids is 2. The van der Waals surface area contributed by atoms with Crippen LogP contribution in [0.1, 0.15) is 42.1 Å². The SMILES string of the molecule is CCC(=O)N(Cc1ccc(C(=O)NC)cc1)C1CC1. The van der Waals surface area contributed by atoms with Gasteiger partial charge in [0.15, 0.2) is 0 Å². The Labute approximate surface area is 113 Å². The van der Waals surface area contributed by atoms with Crippen LogP contribution in [0, 0.1) is 0 Å². The average Bonchev–Trinajstić information content (AvgIpc) is 3.28. The van der Waals surface area contributed by atoms with Crippen LogP contribution in [0.5, 0.6) is 0 Å². The fraction of sp³-hybridized carbons (Fsp3) is 0.467. The van der Waals surface area contributed by atoms with Gasteiger partial charge in [-0.1, -0.05) is 19.1 Å². The standard InChI is InChI=1S/C15H20N2O2/c1-3-14(18)17(13-8-9-13)10-11-4-6-12(7-5-11)15(19)16-2/h4-7,13H,3,8-10H2,1-2H3,(H,16,19). The number of rotatable bonds is 5. The molecule has 1 aliphatic carbocycles. The number of nitrogens with one attached hydrogen (secondary N) is 1. The van der Waals surface area contributed by atoms with Gasteiger partial charge in [-0.25, -0.2) is 0 Å². The molecule has 2 rings (SSSR count). The van der Waals surface area contributed by atoms with Crippen molar-refractivity contribution in [3.05, 3.63) is 35.4 Å². The zero-order valence-corrected chi connectivity index (χ0v) is 11.5. The van der Waals surface area contributed by atoms with Crippen LogP contribution in [0.25, 0.3) is 0 Å². The van der Waals surface area contributed by atoms with Crippen LogP contribution >= 0.6 is 0 Å². The van der Waals surface area contributed by atoms with E-state index in [-0.39, 0.29) is 11.8 Å². The lowest BCUT2D eigenvalue weighted by Gasteiger charge is -2.22. The van der Waals surface area contributed by atoms with E-state index in [4.69, 9.17) is 0 Å². The number of hydrogen-bond donors (Lipinski definition) is 1. The summed E-state index contributed by atoms with van der Waals surface area (Å²) < 4.78 is 0. The fourth-order valence-electron chi connectivity index (χ4n) is 2.11. The molecule has 0 unspecified atom stereocenters. The third kappa shape index (κ3) is 3.34. The Bertz CT molecular complexity index is 464. The van der Waals surface area contributed by atoms with E-state index in [9.17, 15) is 9.59 Å². The molecule has 0 heterocycles. The zero-order valence-electron chi connectivity index (χ0n) is 11.5. The molecular formula is C15H20N2O2. The number of amides is 2. The molecule has 0 bridgehead atoms. The quantitative estimate of drug-likeness (QED) is 0.879. The van der Waals surface area contributed by atoms with Crippen molar-refractivity contribution >= 4 is 11.8 Å². The van der Waals surface area contributed by atoms with E-state index in [0.29, 0.717) is 24.6 Å². The second-order valence-corrected chi connectivity index (χ2v) is 4.88. The molecule has 1 aliphatic rings. The van der Waals surface area contributed by atoms with E-state index in [2.05, 4.69) is 5.32 Å². The van der Waals surface area contributed by atoms with Gasteiger partial charge in [-0.15, -0.1) is 0 Å². The smallest absolute Gasteiger partial charge is 0.251 e. The molecule has 0 aliphatic heterocycles. The van der Waals surface area contributed by atoms with Crippen LogP contribution in [0.4, 0.5) is 0 Å². The van der Waals surface area contributed by atoms with Gasteiger partial charge in [0.25, 0.3) is 5.91 Å². The zero-order chi connectivity index (χ0) is 13.8. The number of hydrogen-bond acceptors (Lipinski definition) is 2. The van der Waals surface area contributed by atoms with E-state index in [1.54, 1.807) is 19.2 Å². The Morgan fingerprint density at radius 2 is 1.89 bits per heavy atom. The first-order valence-corrected chi connectivity index (χ1v) is 6.76. The maximum absolute atomic E-state index is 11.9. The average molecular weight is 260 g/mol. The highest BCUT2D eigenvalue weighted by atomic mass is 16.2. The van der Waals surface area contributed by atoms with E-state index >= 15 is 0 Å². The van der Waals surface area contributed by atoms with E-state index in [1.165, 1.54) is 0 Å². The Morgan fingerprint density at radius 3 is 2.37 bits per heavy atom. The molecule has 4 nitrogen and oxygen atoms in total. The molecule has 1 aromatic rings. The van der Waals surface area contributed by atoms with E-state index in [1.807, 2.05) is 24.0 Å². The lowest BCUT2D eigenvalue weighted by atomic mass is 10.1. The summed E-state index contributed by atoms with van der Waals surface area (Å²) in [6.45, 7) is 2.54. The second-order valence-electron chi connectivity index (χ2n) is 4.88. The van der Waals surface area contributed by atoms with Crippen molar-refractivity contribution in [1.29, 1.82) is 0 Å². The molecule has 0 atom stereocenters. The van der Waals surface area contributed by atoms with Crippen molar-refractivity contribution in [3.63, 3.8) is 0 Å². The van der Waals surface area contributed by atoms with E-state index < -0.39 is 0 Å². The summed E-state index contributed by atoms with van der Waals surface area (Å²) in [5.41, 5.74) is 1.72. The molecule has 1 saturated carbocycles. The molecule has 0 aromatic heterocycles. The first-order valence-electron chi connectivity index (χ1n) is 6.76. The first kappa shape index (κ1) is 13.6. The van der Waals surface area contributed by atoms with Gasteiger partial charge in [-0.2, -0.15) is 0 Å².